The van der Waals surface area contributed by atoms with E-state index in [0.717, 1.165) is 44.3 Å². The van der Waals surface area contributed by atoms with Crippen LogP contribution < -0.4 is 0 Å². The molecule has 0 saturated carbocycles. The highest BCUT2D eigenvalue weighted by Crippen LogP contribution is 2.19. The summed E-state index contributed by atoms with van der Waals surface area (Å²) in [6.07, 6.45) is 7.02. The smallest absolute Gasteiger partial charge is 0.242 e. The standard InChI is InChI=1S/C27H40N2O3/c1-5-8-15-24(7-3)27(31)29(22(4)6-2)21-26(30)28(20-25-16-12-19-32-25)18-17-23-13-10-9-11-14-23/h9-14,16,19,22,24H,5-8,15,17-18,20-21H2,1-4H3. The number of hydrogen-bond donors (Lipinski definition) is 0. The third kappa shape index (κ3) is 7.85. The minimum absolute atomic E-state index is 0.0143. The van der Waals surface area contributed by atoms with Gasteiger partial charge < -0.3 is 14.2 Å². The first-order valence-electron chi connectivity index (χ1n) is 12.1. The first-order chi connectivity index (χ1) is 15.5. The molecule has 0 spiro atoms. The summed E-state index contributed by atoms with van der Waals surface area (Å²) in [5.41, 5.74) is 1.19. The Balaban J connectivity index is 2.15. The largest absolute Gasteiger partial charge is 0.467 e. The van der Waals surface area contributed by atoms with Crippen LogP contribution in [0.25, 0.3) is 0 Å². The fourth-order valence-electron chi connectivity index (χ4n) is 3.90. The Labute approximate surface area is 193 Å². The van der Waals surface area contributed by atoms with E-state index >= 15 is 0 Å². The molecule has 1 heterocycles. The van der Waals surface area contributed by atoms with Gasteiger partial charge in [0.1, 0.15) is 12.3 Å². The Morgan fingerprint density at radius 3 is 2.34 bits per heavy atom. The average Bonchev–Trinajstić information content (AvgIpc) is 3.33. The molecule has 32 heavy (non-hydrogen) atoms. The molecule has 2 unspecified atom stereocenters. The number of rotatable bonds is 14. The van der Waals surface area contributed by atoms with Crippen molar-refractivity contribution < 1.29 is 14.0 Å². The van der Waals surface area contributed by atoms with E-state index < -0.39 is 0 Å². The fraction of sp³-hybridized carbons (Fsp3) is 0.556. The van der Waals surface area contributed by atoms with E-state index in [4.69, 9.17) is 4.42 Å². The van der Waals surface area contributed by atoms with Gasteiger partial charge in [-0.2, -0.15) is 0 Å². The van der Waals surface area contributed by atoms with Gasteiger partial charge in [0.2, 0.25) is 11.8 Å². The molecule has 0 bridgehead atoms. The van der Waals surface area contributed by atoms with Crippen LogP contribution in [0.4, 0.5) is 0 Å². The van der Waals surface area contributed by atoms with Gasteiger partial charge in [-0.05, 0) is 50.3 Å². The molecular formula is C27H40N2O3. The highest BCUT2D eigenvalue weighted by Gasteiger charge is 2.29. The van der Waals surface area contributed by atoms with E-state index in [0.29, 0.717) is 13.1 Å². The molecule has 5 heteroatoms. The molecule has 0 saturated heterocycles. The Kier molecular flexibility index (Phi) is 11.1. The predicted molar refractivity (Wildman–Crippen MR) is 129 cm³/mol. The molecule has 0 N–H and O–H groups in total. The number of amides is 2. The average molecular weight is 441 g/mol. The second kappa shape index (κ2) is 13.8. The van der Waals surface area contributed by atoms with Crippen LogP contribution in [0.2, 0.25) is 0 Å². The number of hydrogen-bond acceptors (Lipinski definition) is 3. The maximum atomic E-state index is 13.4. The van der Waals surface area contributed by atoms with Gasteiger partial charge in [0.15, 0.2) is 0 Å². The molecule has 176 valence electrons. The van der Waals surface area contributed by atoms with Crippen molar-refractivity contribution in [2.45, 2.75) is 78.8 Å². The second-order valence-electron chi connectivity index (χ2n) is 8.60. The maximum absolute atomic E-state index is 13.4. The summed E-state index contributed by atoms with van der Waals surface area (Å²) >= 11 is 0. The quantitative estimate of drug-likeness (QED) is 0.379. The Morgan fingerprint density at radius 2 is 1.75 bits per heavy atom. The third-order valence-electron chi connectivity index (χ3n) is 6.25. The van der Waals surface area contributed by atoms with Gasteiger partial charge in [0.05, 0.1) is 12.8 Å². The van der Waals surface area contributed by atoms with Crippen LogP contribution in [0.3, 0.4) is 0 Å². The normalized spacial score (nSPS) is 12.9. The SMILES string of the molecule is CCCCC(CC)C(=O)N(CC(=O)N(CCc1ccccc1)Cc1ccco1)C(C)CC. The molecular weight excluding hydrogens is 400 g/mol. The summed E-state index contributed by atoms with van der Waals surface area (Å²) in [6, 6.07) is 13.9. The Morgan fingerprint density at radius 1 is 1.00 bits per heavy atom. The third-order valence-corrected chi connectivity index (χ3v) is 6.25. The van der Waals surface area contributed by atoms with Crippen molar-refractivity contribution in [1.29, 1.82) is 0 Å². The summed E-state index contributed by atoms with van der Waals surface area (Å²) < 4.78 is 5.51. The van der Waals surface area contributed by atoms with Crippen molar-refractivity contribution in [1.82, 2.24) is 9.80 Å². The van der Waals surface area contributed by atoms with Gasteiger partial charge >= 0.3 is 0 Å². The highest BCUT2D eigenvalue weighted by molar-refractivity contribution is 5.86. The van der Waals surface area contributed by atoms with Crippen LogP contribution in [0.5, 0.6) is 0 Å². The summed E-state index contributed by atoms with van der Waals surface area (Å²) in [5.74, 6) is 0.822. The van der Waals surface area contributed by atoms with E-state index in [2.05, 4.69) is 32.9 Å². The van der Waals surface area contributed by atoms with Crippen molar-refractivity contribution in [2.24, 2.45) is 5.92 Å². The fourth-order valence-corrected chi connectivity index (χ4v) is 3.90. The zero-order chi connectivity index (χ0) is 23.3. The number of nitrogens with zero attached hydrogens (tertiary/aromatic N) is 2. The lowest BCUT2D eigenvalue weighted by Gasteiger charge is -2.33. The Bertz CT molecular complexity index is 788. The summed E-state index contributed by atoms with van der Waals surface area (Å²) in [7, 11) is 0. The zero-order valence-corrected chi connectivity index (χ0v) is 20.3. The first kappa shape index (κ1) is 25.7. The molecule has 0 radical (unpaired) electrons. The van der Waals surface area contributed by atoms with Crippen molar-refractivity contribution in [2.75, 3.05) is 13.1 Å². The van der Waals surface area contributed by atoms with E-state index in [9.17, 15) is 9.59 Å². The topological polar surface area (TPSA) is 53.8 Å². The molecule has 0 fully saturated rings. The minimum atomic E-state index is -0.0312. The lowest BCUT2D eigenvalue weighted by Crippen LogP contribution is -2.48. The van der Waals surface area contributed by atoms with Crippen LogP contribution in [0.15, 0.2) is 53.1 Å². The van der Waals surface area contributed by atoms with E-state index in [-0.39, 0.29) is 30.3 Å². The van der Waals surface area contributed by atoms with E-state index in [1.807, 2.05) is 47.1 Å². The highest BCUT2D eigenvalue weighted by atomic mass is 16.3. The van der Waals surface area contributed by atoms with Crippen molar-refractivity contribution in [3.05, 3.63) is 60.1 Å². The second-order valence-corrected chi connectivity index (χ2v) is 8.60. The van der Waals surface area contributed by atoms with Gasteiger partial charge in [-0.3, -0.25) is 9.59 Å². The molecule has 2 amide bonds. The van der Waals surface area contributed by atoms with E-state index in [1.54, 1.807) is 6.26 Å². The van der Waals surface area contributed by atoms with Crippen LogP contribution in [0.1, 0.15) is 71.1 Å². The van der Waals surface area contributed by atoms with Gasteiger partial charge in [-0.15, -0.1) is 0 Å². The molecule has 0 aliphatic rings. The molecule has 1 aromatic carbocycles. The number of benzene rings is 1. The molecule has 1 aromatic heterocycles. The molecule has 0 aliphatic heterocycles. The van der Waals surface area contributed by atoms with E-state index in [1.165, 1.54) is 5.56 Å². The molecule has 0 aliphatic carbocycles. The van der Waals surface area contributed by atoms with Crippen LogP contribution in [-0.4, -0.2) is 40.7 Å². The first-order valence-corrected chi connectivity index (χ1v) is 12.1. The summed E-state index contributed by atoms with van der Waals surface area (Å²) in [5, 5.41) is 0. The number of unbranched alkanes of at least 4 members (excludes halogenated alkanes) is 1. The van der Waals surface area contributed by atoms with Crippen molar-refractivity contribution in [3.8, 4) is 0 Å². The number of furan rings is 1. The minimum Gasteiger partial charge on any atom is -0.467 e. The molecule has 5 nitrogen and oxygen atoms in total. The molecule has 2 atom stereocenters. The zero-order valence-electron chi connectivity index (χ0n) is 20.3. The van der Waals surface area contributed by atoms with Gasteiger partial charge in [-0.25, -0.2) is 0 Å². The maximum Gasteiger partial charge on any atom is 0.242 e. The Hall–Kier alpha value is -2.56. The molecule has 2 aromatic rings. The van der Waals surface area contributed by atoms with Crippen LogP contribution >= 0.6 is 0 Å². The van der Waals surface area contributed by atoms with Gasteiger partial charge in [-0.1, -0.05) is 63.9 Å². The van der Waals surface area contributed by atoms with Crippen molar-refractivity contribution >= 4 is 11.8 Å². The monoisotopic (exact) mass is 440 g/mol. The number of carbonyl (C=O) groups is 2. The lowest BCUT2D eigenvalue weighted by molar-refractivity contribution is -0.145. The van der Waals surface area contributed by atoms with Crippen molar-refractivity contribution in [3.63, 3.8) is 0 Å². The molecule has 2 rings (SSSR count). The van der Waals surface area contributed by atoms with Crippen LogP contribution in [-0.2, 0) is 22.6 Å². The van der Waals surface area contributed by atoms with Gasteiger partial charge in [0.25, 0.3) is 0 Å². The summed E-state index contributed by atoms with van der Waals surface area (Å²) in [6.45, 7) is 9.43. The lowest BCUT2D eigenvalue weighted by atomic mass is 9.96. The van der Waals surface area contributed by atoms with Crippen LogP contribution in [0, 0.1) is 5.92 Å². The van der Waals surface area contributed by atoms with Gasteiger partial charge in [0, 0.05) is 18.5 Å². The predicted octanol–water partition coefficient (Wildman–Crippen LogP) is 5.69. The number of carbonyl (C=O) groups excluding carboxylic acids is 2. The summed E-state index contributed by atoms with van der Waals surface area (Å²) in [4.78, 5) is 30.4.